The second kappa shape index (κ2) is 10.9. The van der Waals surface area contributed by atoms with Gasteiger partial charge >= 0.3 is 0 Å². The van der Waals surface area contributed by atoms with Crippen LogP contribution < -0.4 is 14.8 Å². The van der Waals surface area contributed by atoms with Gasteiger partial charge in [-0.25, -0.2) is 4.99 Å². The first kappa shape index (κ1) is 23.4. The first-order valence-corrected chi connectivity index (χ1v) is 11.6. The number of aliphatic imine (C=N–C) groups is 1. The summed E-state index contributed by atoms with van der Waals surface area (Å²) >= 11 is 1.28. The summed E-state index contributed by atoms with van der Waals surface area (Å²) in [6.45, 7) is 0.350. The molecule has 8 heteroatoms. The van der Waals surface area contributed by atoms with Crippen molar-refractivity contribution >= 4 is 40.1 Å². The Morgan fingerprint density at radius 1 is 1.00 bits per heavy atom. The molecule has 1 saturated heterocycles. The van der Waals surface area contributed by atoms with E-state index in [1.165, 1.54) is 11.8 Å². The topological polar surface area (TPSA) is 80.2 Å². The van der Waals surface area contributed by atoms with Crippen molar-refractivity contribution in [2.24, 2.45) is 4.99 Å². The van der Waals surface area contributed by atoms with Crippen LogP contribution in [0.3, 0.4) is 0 Å². The lowest BCUT2D eigenvalue weighted by molar-refractivity contribution is -0.129. The van der Waals surface area contributed by atoms with Gasteiger partial charge in [-0.3, -0.25) is 14.5 Å². The summed E-state index contributed by atoms with van der Waals surface area (Å²) in [6, 6.07) is 24.1. The van der Waals surface area contributed by atoms with Gasteiger partial charge in [-0.05, 0) is 42.0 Å². The molecule has 0 aromatic heterocycles. The number of benzene rings is 3. The number of nitrogens with one attached hydrogen (secondary N) is 1. The lowest BCUT2D eigenvalue weighted by Crippen LogP contribution is -2.44. The van der Waals surface area contributed by atoms with E-state index in [1.807, 2.05) is 66.7 Å². The Morgan fingerprint density at radius 3 is 2.41 bits per heavy atom. The first-order chi connectivity index (χ1) is 16.6. The van der Waals surface area contributed by atoms with E-state index in [2.05, 4.69) is 5.32 Å². The van der Waals surface area contributed by atoms with Crippen molar-refractivity contribution in [2.75, 3.05) is 19.5 Å². The van der Waals surface area contributed by atoms with E-state index in [0.717, 1.165) is 11.3 Å². The van der Waals surface area contributed by atoms with Crippen LogP contribution in [-0.2, 0) is 16.1 Å². The van der Waals surface area contributed by atoms with Crippen LogP contribution in [0, 0.1) is 0 Å². The summed E-state index contributed by atoms with van der Waals surface area (Å²) in [4.78, 5) is 32.6. The molecule has 1 heterocycles. The summed E-state index contributed by atoms with van der Waals surface area (Å²) in [5.74, 6) is 0.869. The number of nitrogens with zero attached hydrogens (tertiary/aromatic N) is 2. The molecule has 174 valence electrons. The Labute approximate surface area is 202 Å². The van der Waals surface area contributed by atoms with Crippen molar-refractivity contribution in [3.63, 3.8) is 0 Å². The van der Waals surface area contributed by atoms with E-state index in [1.54, 1.807) is 31.3 Å². The third-order valence-corrected chi connectivity index (χ3v) is 6.47. The summed E-state index contributed by atoms with van der Waals surface area (Å²) in [5, 5.41) is 2.76. The molecule has 0 unspecified atom stereocenters. The van der Waals surface area contributed by atoms with E-state index < -0.39 is 5.25 Å². The first-order valence-electron chi connectivity index (χ1n) is 10.7. The highest BCUT2D eigenvalue weighted by Crippen LogP contribution is 2.32. The molecule has 7 nitrogen and oxygen atoms in total. The average Bonchev–Trinajstić information content (AvgIpc) is 2.87. The van der Waals surface area contributed by atoms with Crippen molar-refractivity contribution in [2.45, 2.75) is 18.2 Å². The van der Waals surface area contributed by atoms with Gasteiger partial charge in [-0.1, -0.05) is 54.2 Å². The van der Waals surface area contributed by atoms with Crippen LogP contribution >= 0.6 is 11.8 Å². The van der Waals surface area contributed by atoms with E-state index in [9.17, 15) is 9.59 Å². The van der Waals surface area contributed by atoms with Gasteiger partial charge in [0.2, 0.25) is 11.8 Å². The zero-order chi connectivity index (χ0) is 23.9. The van der Waals surface area contributed by atoms with Crippen molar-refractivity contribution in [3.05, 3.63) is 84.4 Å². The average molecular weight is 476 g/mol. The largest absolute Gasteiger partial charge is 0.497 e. The standard InChI is InChI=1S/C26H25N3O4S/c1-32-20-14-12-18(13-15-20)17-29-24(30)16-23(34-26(29)27-19-8-4-3-5-9-19)25(31)28-21-10-6-7-11-22(21)33-2/h3-15,23H,16-17H2,1-2H3,(H,28,31)/t23-/m1/s1. The predicted octanol–water partition coefficient (Wildman–Crippen LogP) is 4.86. The number of methoxy groups -OCH3 is 2. The quantitative estimate of drug-likeness (QED) is 0.528. The highest BCUT2D eigenvalue weighted by atomic mass is 32.2. The maximum atomic E-state index is 13.2. The van der Waals surface area contributed by atoms with Crippen LogP contribution in [0.1, 0.15) is 12.0 Å². The Bertz CT molecular complexity index is 1180. The number of anilines is 1. The summed E-state index contributed by atoms with van der Waals surface area (Å²) < 4.78 is 10.5. The number of ether oxygens (including phenoxy) is 2. The molecule has 3 aromatic rings. The Kier molecular flexibility index (Phi) is 7.49. The van der Waals surface area contributed by atoms with Crippen LogP contribution in [0.15, 0.2) is 83.9 Å². The third-order valence-electron chi connectivity index (χ3n) is 5.28. The molecule has 0 saturated carbocycles. The van der Waals surface area contributed by atoms with Gasteiger partial charge < -0.3 is 14.8 Å². The van der Waals surface area contributed by atoms with Crippen LogP contribution in [0.25, 0.3) is 0 Å². The molecule has 34 heavy (non-hydrogen) atoms. The van der Waals surface area contributed by atoms with Gasteiger partial charge in [0.1, 0.15) is 16.7 Å². The fourth-order valence-corrected chi connectivity index (χ4v) is 4.58. The Balaban J connectivity index is 1.58. The molecule has 1 aliphatic heterocycles. The minimum atomic E-state index is -0.619. The van der Waals surface area contributed by atoms with Gasteiger partial charge in [0.15, 0.2) is 5.17 Å². The van der Waals surface area contributed by atoms with Crippen molar-refractivity contribution in [3.8, 4) is 11.5 Å². The van der Waals surface area contributed by atoms with Crippen LogP contribution in [0.4, 0.5) is 11.4 Å². The smallest absolute Gasteiger partial charge is 0.238 e. The molecule has 1 fully saturated rings. The molecule has 3 aromatic carbocycles. The van der Waals surface area contributed by atoms with Crippen LogP contribution in [0.2, 0.25) is 0 Å². The second-order valence-corrected chi connectivity index (χ2v) is 8.73. The second-order valence-electron chi connectivity index (χ2n) is 7.56. The Hall–Kier alpha value is -3.78. The highest BCUT2D eigenvalue weighted by molar-refractivity contribution is 8.15. The van der Waals surface area contributed by atoms with Gasteiger partial charge in [0, 0.05) is 6.42 Å². The van der Waals surface area contributed by atoms with E-state index in [4.69, 9.17) is 14.5 Å². The highest BCUT2D eigenvalue weighted by Gasteiger charge is 2.36. The van der Waals surface area contributed by atoms with E-state index >= 15 is 0 Å². The monoisotopic (exact) mass is 475 g/mol. The summed E-state index contributed by atoms with van der Waals surface area (Å²) in [5.41, 5.74) is 2.21. The number of carbonyl (C=O) groups excluding carboxylic acids is 2. The number of amidine groups is 1. The predicted molar refractivity (Wildman–Crippen MR) is 135 cm³/mol. The van der Waals surface area contributed by atoms with Crippen molar-refractivity contribution in [1.82, 2.24) is 4.90 Å². The minimum absolute atomic E-state index is 0.0651. The molecule has 4 rings (SSSR count). The normalized spacial score (nSPS) is 16.9. The number of carbonyl (C=O) groups is 2. The number of hydrogen-bond donors (Lipinski definition) is 1. The zero-order valence-electron chi connectivity index (χ0n) is 18.9. The molecule has 0 bridgehead atoms. The minimum Gasteiger partial charge on any atom is -0.497 e. The number of para-hydroxylation sites is 3. The number of amides is 2. The third kappa shape index (κ3) is 5.58. The van der Waals surface area contributed by atoms with Gasteiger partial charge in [-0.15, -0.1) is 0 Å². The van der Waals surface area contributed by atoms with Gasteiger partial charge in [0.25, 0.3) is 0 Å². The summed E-state index contributed by atoms with van der Waals surface area (Å²) in [7, 11) is 3.16. The number of rotatable bonds is 7. The van der Waals surface area contributed by atoms with Crippen molar-refractivity contribution < 1.29 is 19.1 Å². The molecule has 0 spiro atoms. The molecule has 1 N–H and O–H groups in total. The molecule has 1 aliphatic rings. The molecule has 2 amide bonds. The number of thioether (sulfide) groups is 1. The van der Waals surface area contributed by atoms with Gasteiger partial charge in [-0.2, -0.15) is 0 Å². The maximum Gasteiger partial charge on any atom is 0.238 e. The van der Waals surface area contributed by atoms with Gasteiger partial charge in [0.05, 0.1) is 32.1 Å². The Morgan fingerprint density at radius 2 is 1.71 bits per heavy atom. The summed E-state index contributed by atoms with van der Waals surface area (Å²) in [6.07, 6.45) is 0.0651. The lowest BCUT2D eigenvalue weighted by Gasteiger charge is -2.32. The molecule has 1 atom stereocenters. The molecule has 0 aliphatic carbocycles. The number of hydrogen-bond acceptors (Lipinski definition) is 6. The fourth-order valence-electron chi connectivity index (χ4n) is 3.48. The lowest BCUT2D eigenvalue weighted by atomic mass is 10.2. The van der Waals surface area contributed by atoms with E-state index in [0.29, 0.717) is 28.8 Å². The van der Waals surface area contributed by atoms with Crippen LogP contribution in [0.5, 0.6) is 11.5 Å². The van der Waals surface area contributed by atoms with Crippen molar-refractivity contribution in [1.29, 1.82) is 0 Å². The molecular formula is C26H25N3O4S. The van der Waals surface area contributed by atoms with E-state index in [-0.39, 0.29) is 18.2 Å². The van der Waals surface area contributed by atoms with Crippen LogP contribution in [-0.4, -0.2) is 41.4 Å². The molecule has 0 radical (unpaired) electrons. The SMILES string of the molecule is COc1ccc(CN2C(=O)C[C@H](C(=O)Nc3ccccc3OC)SC2=Nc2ccccc2)cc1. The maximum absolute atomic E-state index is 13.2. The zero-order valence-corrected chi connectivity index (χ0v) is 19.7. The molecular weight excluding hydrogens is 450 g/mol. The fraction of sp³-hybridized carbons (Fsp3) is 0.192.